The highest BCUT2D eigenvalue weighted by molar-refractivity contribution is 6.30. The van der Waals surface area contributed by atoms with E-state index in [0.717, 1.165) is 39.0 Å². The first-order valence-electron chi connectivity index (χ1n) is 10.6. The highest BCUT2D eigenvalue weighted by atomic mass is 35.5. The van der Waals surface area contributed by atoms with Crippen molar-refractivity contribution in [1.29, 1.82) is 0 Å². The van der Waals surface area contributed by atoms with Gasteiger partial charge in [-0.05, 0) is 48.9 Å². The first kappa shape index (κ1) is 21.6. The molecule has 0 unspecified atom stereocenters. The molecule has 34 heavy (non-hydrogen) atoms. The van der Waals surface area contributed by atoms with Crippen LogP contribution in [0.25, 0.3) is 33.3 Å². The van der Waals surface area contributed by atoms with E-state index in [2.05, 4.69) is 21.5 Å². The Morgan fingerprint density at radius 1 is 1.06 bits per heavy atom. The van der Waals surface area contributed by atoms with Crippen LogP contribution in [0.15, 0.2) is 84.2 Å². The molecule has 2 N–H and O–H groups in total. The summed E-state index contributed by atoms with van der Waals surface area (Å²) in [6, 6.07) is 16.0. The summed E-state index contributed by atoms with van der Waals surface area (Å²) in [4.78, 5) is 34.9. The number of rotatable bonds is 5. The molecule has 8 heteroatoms. The molecular formula is C26H19ClN4O3. The predicted molar refractivity (Wildman–Crippen MR) is 131 cm³/mol. The van der Waals surface area contributed by atoms with E-state index in [1.165, 1.54) is 0 Å². The fraction of sp³-hybridized carbons (Fsp3) is 0.0769. The van der Waals surface area contributed by atoms with Crippen LogP contribution in [0.4, 0.5) is 0 Å². The van der Waals surface area contributed by atoms with Gasteiger partial charge in [-0.25, -0.2) is 4.79 Å². The number of hydrogen-bond acceptors (Lipinski definition) is 4. The van der Waals surface area contributed by atoms with Gasteiger partial charge in [0, 0.05) is 41.5 Å². The normalized spacial score (nSPS) is 12.1. The number of nitrogens with one attached hydrogen (secondary N) is 1. The third-order valence-electron chi connectivity index (χ3n) is 5.84. The van der Waals surface area contributed by atoms with Crippen LogP contribution in [-0.2, 0) is 0 Å². The van der Waals surface area contributed by atoms with Crippen LogP contribution in [0.1, 0.15) is 29.0 Å². The van der Waals surface area contributed by atoms with Gasteiger partial charge in [0.2, 0.25) is 0 Å². The van der Waals surface area contributed by atoms with Gasteiger partial charge >= 0.3 is 5.97 Å². The van der Waals surface area contributed by atoms with E-state index in [-0.39, 0.29) is 22.2 Å². The minimum Gasteiger partial charge on any atom is -0.478 e. The Bertz CT molecular complexity index is 1570. The van der Waals surface area contributed by atoms with E-state index in [1.807, 2.05) is 30.5 Å². The third kappa shape index (κ3) is 3.86. The second-order valence-electron chi connectivity index (χ2n) is 7.92. The number of carboxylic acids is 1. The minimum absolute atomic E-state index is 0.0908. The standard InChI is InChI=1S/C26H19ClN4O3/c1-15(22-4-2-3-9-28-22)31-14-20(16-5-7-17(8-6-16)26(33)34)24-23(31)11-19(12-29-24)18-10-21(27)25(32)30-13-18/h2-15H,1H3,(H,30,32)(H,33,34)/t15-/m0/s1. The molecule has 1 atom stereocenters. The van der Waals surface area contributed by atoms with Crippen molar-refractivity contribution in [3.63, 3.8) is 0 Å². The first-order chi connectivity index (χ1) is 16.4. The average molecular weight is 471 g/mol. The summed E-state index contributed by atoms with van der Waals surface area (Å²) in [6.45, 7) is 2.06. The molecule has 0 spiro atoms. The van der Waals surface area contributed by atoms with Crippen molar-refractivity contribution in [2.45, 2.75) is 13.0 Å². The fourth-order valence-electron chi connectivity index (χ4n) is 4.00. The van der Waals surface area contributed by atoms with E-state index >= 15 is 0 Å². The second kappa shape index (κ2) is 8.61. The van der Waals surface area contributed by atoms with E-state index in [9.17, 15) is 14.7 Å². The second-order valence-corrected chi connectivity index (χ2v) is 8.33. The topological polar surface area (TPSA) is 101 Å². The lowest BCUT2D eigenvalue weighted by atomic mass is 10.0. The van der Waals surface area contributed by atoms with Crippen LogP contribution in [0.3, 0.4) is 0 Å². The Balaban J connectivity index is 1.71. The average Bonchev–Trinajstić information content (AvgIpc) is 3.24. The first-order valence-corrected chi connectivity index (χ1v) is 10.9. The lowest BCUT2D eigenvalue weighted by Gasteiger charge is -2.15. The molecule has 5 aromatic rings. The van der Waals surface area contributed by atoms with Gasteiger partial charge in [0.15, 0.2) is 0 Å². The van der Waals surface area contributed by atoms with Crippen molar-refractivity contribution < 1.29 is 9.90 Å². The molecule has 0 saturated carbocycles. The number of H-pyrrole nitrogens is 1. The molecule has 0 bridgehead atoms. The number of halogens is 1. The molecular weight excluding hydrogens is 452 g/mol. The SMILES string of the molecule is C[C@@H](c1ccccn1)n1cc(-c2ccc(C(=O)O)cc2)c2ncc(-c3c[nH]c(=O)c(Cl)c3)cc21. The van der Waals surface area contributed by atoms with Gasteiger partial charge in [0.05, 0.1) is 28.3 Å². The number of fused-ring (bicyclic) bond motifs is 1. The van der Waals surface area contributed by atoms with Gasteiger partial charge in [-0.1, -0.05) is 29.8 Å². The number of nitrogens with zero attached hydrogens (tertiary/aromatic N) is 3. The summed E-state index contributed by atoms with van der Waals surface area (Å²) in [5.41, 5.74) is 5.67. The Hall–Kier alpha value is -4.23. The van der Waals surface area contributed by atoms with E-state index in [4.69, 9.17) is 16.6 Å². The number of hydrogen-bond donors (Lipinski definition) is 2. The summed E-state index contributed by atoms with van der Waals surface area (Å²) in [5.74, 6) is -0.972. The minimum atomic E-state index is -0.972. The van der Waals surface area contributed by atoms with Gasteiger partial charge in [0.25, 0.3) is 5.56 Å². The molecule has 0 amide bonds. The molecule has 0 fully saturated rings. The number of aromatic nitrogens is 4. The molecule has 0 saturated heterocycles. The number of carbonyl (C=O) groups is 1. The summed E-state index contributed by atoms with van der Waals surface area (Å²) in [7, 11) is 0. The Morgan fingerprint density at radius 2 is 1.85 bits per heavy atom. The van der Waals surface area contributed by atoms with E-state index in [1.54, 1.807) is 48.9 Å². The van der Waals surface area contributed by atoms with Gasteiger partial charge in [-0.2, -0.15) is 0 Å². The Kier molecular flexibility index (Phi) is 5.47. The molecule has 5 rings (SSSR count). The van der Waals surface area contributed by atoms with Gasteiger partial charge < -0.3 is 14.7 Å². The van der Waals surface area contributed by atoms with Crippen LogP contribution < -0.4 is 5.56 Å². The van der Waals surface area contributed by atoms with Crippen molar-refractivity contribution in [2.24, 2.45) is 0 Å². The van der Waals surface area contributed by atoms with E-state index in [0.29, 0.717) is 0 Å². The van der Waals surface area contributed by atoms with Crippen molar-refractivity contribution in [2.75, 3.05) is 0 Å². The van der Waals surface area contributed by atoms with Gasteiger partial charge in [-0.3, -0.25) is 14.8 Å². The smallest absolute Gasteiger partial charge is 0.335 e. The van der Waals surface area contributed by atoms with Crippen molar-refractivity contribution in [3.05, 3.63) is 106 Å². The molecule has 0 radical (unpaired) electrons. The van der Waals surface area contributed by atoms with Crippen LogP contribution in [0.5, 0.6) is 0 Å². The number of benzene rings is 1. The van der Waals surface area contributed by atoms with Crippen LogP contribution in [-0.4, -0.2) is 30.6 Å². The zero-order valence-corrected chi connectivity index (χ0v) is 18.8. The van der Waals surface area contributed by atoms with Crippen LogP contribution in [0.2, 0.25) is 5.02 Å². The molecule has 7 nitrogen and oxygen atoms in total. The maximum Gasteiger partial charge on any atom is 0.335 e. The zero-order chi connectivity index (χ0) is 23.8. The zero-order valence-electron chi connectivity index (χ0n) is 18.1. The lowest BCUT2D eigenvalue weighted by Crippen LogP contribution is -2.07. The van der Waals surface area contributed by atoms with Crippen LogP contribution >= 0.6 is 11.6 Å². The number of pyridine rings is 3. The largest absolute Gasteiger partial charge is 0.478 e. The summed E-state index contributed by atoms with van der Waals surface area (Å²) in [5, 5.41) is 9.35. The molecule has 1 aromatic carbocycles. The number of carboxylic acid groups (broad SMARTS) is 1. The molecule has 4 aromatic heterocycles. The molecule has 0 aliphatic carbocycles. The van der Waals surface area contributed by atoms with Crippen molar-refractivity contribution >= 4 is 28.6 Å². The maximum absolute atomic E-state index is 11.7. The maximum atomic E-state index is 11.7. The summed E-state index contributed by atoms with van der Waals surface area (Å²) < 4.78 is 2.10. The van der Waals surface area contributed by atoms with E-state index < -0.39 is 5.97 Å². The number of aromatic amines is 1. The molecule has 0 aliphatic rings. The third-order valence-corrected chi connectivity index (χ3v) is 6.12. The molecule has 168 valence electrons. The summed E-state index contributed by atoms with van der Waals surface area (Å²) in [6.07, 6.45) is 7.11. The Labute approximate surface area is 199 Å². The quantitative estimate of drug-likeness (QED) is 0.357. The van der Waals surface area contributed by atoms with Crippen LogP contribution in [0, 0.1) is 0 Å². The van der Waals surface area contributed by atoms with Crippen molar-refractivity contribution in [1.82, 2.24) is 19.5 Å². The van der Waals surface area contributed by atoms with Gasteiger partial charge in [0.1, 0.15) is 5.02 Å². The molecule has 4 heterocycles. The van der Waals surface area contributed by atoms with Gasteiger partial charge in [-0.15, -0.1) is 0 Å². The molecule has 0 aliphatic heterocycles. The monoisotopic (exact) mass is 470 g/mol. The Morgan fingerprint density at radius 3 is 2.53 bits per heavy atom. The fourth-order valence-corrected chi connectivity index (χ4v) is 4.17. The number of aromatic carboxylic acids is 1. The van der Waals surface area contributed by atoms with Crippen molar-refractivity contribution in [3.8, 4) is 22.3 Å². The highest BCUT2D eigenvalue weighted by Crippen LogP contribution is 2.35. The highest BCUT2D eigenvalue weighted by Gasteiger charge is 2.19. The predicted octanol–water partition coefficient (Wildman–Crippen LogP) is 5.41. The lowest BCUT2D eigenvalue weighted by molar-refractivity contribution is 0.0697. The summed E-state index contributed by atoms with van der Waals surface area (Å²) >= 11 is 6.04.